The van der Waals surface area contributed by atoms with E-state index in [0.717, 1.165) is 41.9 Å². The van der Waals surface area contributed by atoms with E-state index in [1.807, 2.05) is 6.07 Å². The summed E-state index contributed by atoms with van der Waals surface area (Å²) in [5.41, 5.74) is 5.12. The minimum atomic E-state index is 0.0263. The highest BCUT2D eigenvalue weighted by Crippen LogP contribution is 2.45. The Morgan fingerprint density at radius 2 is 1.33 bits per heavy atom. The molecule has 7 rings (SSSR count). The fourth-order valence-electron chi connectivity index (χ4n) is 8.17. The molecule has 3 aliphatic heterocycles. The number of rotatable bonds is 4. The average molecular weight is 535 g/mol. The molecule has 2 aliphatic carbocycles. The molecule has 0 radical (unpaired) electrons. The smallest absolute Gasteiger partial charge is 0.231 e. The number of benzene rings is 2. The molecule has 2 aromatic carbocycles. The maximum atomic E-state index is 10.0. The molecule has 39 heavy (non-hydrogen) atoms. The summed E-state index contributed by atoms with van der Waals surface area (Å²) >= 11 is 0. The van der Waals surface area contributed by atoms with Crippen LogP contribution in [-0.2, 0) is 25.7 Å². The van der Waals surface area contributed by atoms with Crippen LogP contribution in [0.25, 0.3) is 0 Å². The van der Waals surface area contributed by atoms with Gasteiger partial charge in [-0.05, 0) is 125 Å². The quantitative estimate of drug-likeness (QED) is 0.491. The number of hydrogen-bond donors (Lipinski definition) is 2. The second-order valence-electron chi connectivity index (χ2n) is 12.3. The number of fused-ring (bicyclic) bond motifs is 6. The molecule has 6 nitrogen and oxygen atoms in total. The minimum Gasteiger partial charge on any atom is -0.504 e. The lowest BCUT2D eigenvalue weighted by atomic mass is 9.75. The second-order valence-corrected chi connectivity index (χ2v) is 12.3. The third kappa shape index (κ3) is 5.22. The highest BCUT2D eigenvalue weighted by molar-refractivity contribution is 5.54. The Morgan fingerprint density at radius 3 is 1.97 bits per heavy atom. The van der Waals surface area contributed by atoms with Gasteiger partial charge in [0.05, 0.1) is 0 Å². The summed E-state index contributed by atoms with van der Waals surface area (Å²) in [4.78, 5) is 5.35. The lowest BCUT2D eigenvalue weighted by molar-refractivity contribution is 0.0847. The van der Waals surface area contributed by atoms with Crippen molar-refractivity contribution in [3.05, 3.63) is 46.5 Å². The summed E-state index contributed by atoms with van der Waals surface area (Å²) in [7, 11) is 0. The van der Waals surface area contributed by atoms with Crippen molar-refractivity contribution in [2.75, 3.05) is 33.0 Å². The van der Waals surface area contributed by atoms with Crippen LogP contribution in [0.4, 0.5) is 0 Å². The Labute approximate surface area is 233 Å². The standard InChI is InChI=1S/C17H23NO2.C16H23NO2/c1-2-7-18-8-3-4-13-9-14-12(10-15(13)18)5-6-16-17(14)20-11-19-16;1-2-7-17-8-3-4-12-9-13-11(10-14(12)17)5-6-15(18)16(13)19/h5-6,13,15H,2-4,7-11H2,1H3;5-6,12,14,18-19H,2-4,7-10H2,1H3/t13-,15-;12-,14-/m11/s1. The maximum Gasteiger partial charge on any atom is 0.231 e. The van der Waals surface area contributed by atoms with Gasteiger partial charge in [0.1, 0.15) is 0 Å². The van der Waals surface area contributed by atoms with E-state index in [4.69, 9.17) is 9.47 Å². The van der Waals surface area contributed by atoms with Crippen molar-refractivity contribution in [3.63, 3.8) is 0 Å². The zero-order chi connectivity index (χ0) is 26.9. The monoisotopic (exact) mass is 534 g/mol. The van der Waals surface area contributed by atoms with Crippen molar-refractivity contribution in [2.24, 2.45) is 11.8 Å². The molecule has 0 unspecified atom stereocenters. The first-order chi connectivity index (χ1) is 19.1. The molecule has 0 bridgehead atoms. The Balaban J connectivity index is 0.000000142. The van der Waals surface area contributed by atoms with Crippen LogP contribution in [0.3, 0.4) is 0 Å². The number of ether oxygens (including phenoxy) is 2. The van der Waals surface area contributed by atoms with Gasteiger partial charge in [0.15, 0.2) is 23.0 Å². The van der Waals surface area contributed by atoms with Gasteiger partial charge in [0.2, 0.25) is 6.79 Å². The molecule has 3 heterocycles. The molecule has 4 atom stereocenters. The van der Waals surface area contributed by atoms with E-state index in [9.17, 15) is 10.2 Å². The van der Waals surface area contributed by atoms with E-state index in [1.54, 1.807) is 6.07 Å². The second kappa shape index (κ2) is 11.6. The first-order valence-electron chi connectivity index (χ1n) is 15.5. The summed E-state index contributed by atoms with van der Waals surface area (Å²) < 4.78 is 11.2. The zero-order valence-electron chi connectivity index (χ0n) is 23.8. The highest BCUT2D eigenvalue weighted by atomic mass is 16.7. The lowest BCUT2D eigenvalue weighted by Gasteiger charge is -2.44. The van der Waals surface area contributed by atoms with Gasteiger partial charge in [-0.15, -0.1) is 0 Å². The third-order valence-electron chi connectivity index (χ3n) is 9.98. The molecule has 0 spiro atoms. The van der Waals surface area contributed by atoms with Gasteiger partial charge in [-0.25, -0.2) is 0 Å². The molecule has 2 fully saturated rings. The van der Waals surface area contributed by atoms with Crippen LogP contribution < -0.4 is 9.47 Å². The zero-order valence-corrected chi connectivity index (χ0v) is 23.8. The SMILES string of the molecule is CCCN1CCC[C@@H]2Cc3c(ccc(O)c3O)C[C@H]21.CCCN1CCC[C@@H]2Cc3c(ccc4c3OCO4)C[C@H]21. The molecule has 6 heteroatoms. The molecule has 212 valence electrons. The minimum absolute atomic E-state index is 0.0263. The number of nitrogens with zero attached hydrogens (tertiary/aromatic N) is 2. The number of phenolic OH excluding ortho intramolecular Hbond substituents is 2. The molecule has 2 saturated heterocycles. The largest absolute Gasteiger partial charge is 0.504 e. The van der Waals surface area contributed by atoms with E-state index in [-0.39, 0.29) is 11.5 Å². The normalized spacial score (nSPS) is 27.4. The van der Waals surface area contributed by atoms with Crippen LogP contribution in [-0.4, -0.2) is 65.1 Å². The molecule has 0 aromatic heterocycles. The first kappa shape index (κ1) is 26.8. The topological polar surface area (TPSA) is 65.4 Å². The van der Waals surface area contributed by atoms with Gasteiger partial charge in [-0.3, -0.25) is 9.80 Å². The average Bonchev–Trinajstić information content (AvgIpc) is 3.44. The van der Waals surface area contributed by atoms with E-state index in [0.29, 0.717) is 18.8 Å². The molecule has 2 aromatic rings. The Morgan fingerprint density at radius 1 is 0.744 bits per heavy atom. The van der Waals surface area contributed by atoms with Gasteiger partial charge < -0.3 is 19.7 Å². The molecule has 0 amide bonds. The summed E-state index contributed by atoms with van der Waals surface area (Å²) in [5.74, 6) is 3.57. The summed E-state index contributed by atoms with van der Waals surface area (Å²) in [6.45, 7) is 9.86. The number of likely N-dealkylation sites (tertiary alicyclic amines) is 2. The summed E-state index contributed by atoms with van der Waals surface area (Å²) in [6, 6.07) is 9.34. The van der Waals surface area contributed by atoms with E-state index >= 15 is 0 Å². The Bertz CT molecular complexity index is 1160. The summed E-state index contributed by atoms with van der Waals surface area (Å²) in [6.07, 6.45) is 12.0. The Hall–Kier alpha value is -2.44. The number of phenols is 2. The fourth-order valence-corrected chi connectivity index (χ4v) is 8.17. The van der Waals surface area contributed by atoms with Crippen LogP contribution in [0.15, 0.2) is 24.3 Å². The predicted molar refractivity (Wildman–Crippen MR) is 154 cm³/mol. The highest BCUT2D eigenvalue weighted by Gasteiger charge is 2.38. The van der Waals surface area contributed by atoms with Crippen molar-refractivity contribution in [1.29, 1.82) is 0 Å². The number of piperidine rings is 2. The van der Waals surface area contributed by atoms with Gasteiger partial charge in [-0.2, -0.15) is 0 Å². The maximum absolute atomic E-state index is 10.0. The molecular formula is C33H46N2O4. The first-order valence-corrected chi connectivity index (χ1v) is 15.5. The van der Waals surface area contributed by atoms with Crippen molar-refractivity contribution in [2.45, 2.75) is 90.1 Å². The molecule has 2 N–H and O–H groups in total. The molecule has 0 saturated carbocycles. The molecular weight excluding hydrogens is 488 g/mol. The van der Waals surface area contributed by atoms with Gasteiger partial charge >= 0.3 is 0 Å². The lowest BCUT2D eigenvalue weighted by Crippen LogP contribution is -2.49. The van der Waals surface area contributed by atoms with Crippen LogP contribution in [0.5, 0.6) is 23.0 Å². The van der Waals surface area contributed by atoms with E-state index in [2.05, 4.69) is 35.8 Å². The van der Waals surface area contributed by atoms with Gasteiger partial charge in [0.25, 0.3) is 0 Å². The number of hydrogen-bond acceptors (Lipinski definition) is 6. The fraction of sp³-hybridized carbons (Fsp3) is 0.636. The summed E-state index contributed by atoms with van der Waals surface area (Å²) in [5, 5.41) is 19.7. The van der Waals surface area contributed by atoms with Gasteiger partial charge in [-0.1, -0.05) is 26.0 Å². The van der Waals surface area contributed by atoms with Crippen molar-refractivity contribution >= 4 is 0 Å². The number of aromatic hydroxyl groups is 2. The van der Waals surface area contributed by atoms with Crippen molar-refractivity contribution in [3.8, 4) is 23.0 Å². The van der Waals surface area contributed by atoms with E-state index < -0.39 is 0 Å². The van der Waals surface area contributed by atoms with Crippen molar-refractivity contribution < 1.29 is 19.7 Å². The van der Waals surface area contributed by atoms with Crippen LogP contribution in [0.2, 0.25) is 0 Å². The van der Waals surface area contributed by atoms with Crippen LogP contribution in [0, 0.1) is 11.8 Å². The van der Waals surface area contributed by atoms with Crippen LogP contribution >= 0.6 is 0 Å². The Kier molecular flexibility index (Phi) is 7.95. The van der Waals surface area contributed by atoms with Gasteiger partial charge in [0, 0.05) is 23.2 Å². The molecule has 5 aliphatic rings. The van der Waals surface area contributed by atoms with Crippen molar-refractivity contribution in [1.82, 2.24) is 9.80 Å². The third-order valence-corrected chi connectivity index (χ3v) is 9.98. The van der Waals surface area contributed by atoms with Crippen LogP contribution in [0.1, 0.15) is 74.6 Å². The predicted octanol–water partition coefficient (Wildman–Crippen LogP) is 5.69. The van der Waals surface area contributed by atoms with E-state index in [1.165, 1.54) is 94.2 Å².